The van der Waals surface area contributed by atoms with Crippen molar-refractivity contribution in [3.8, 4) is 11.1 Å². The molecule has 0 fully saturated rings. The molecular weight excluding hydrogens is 571 g/mol. The molecule has 13 nitrogen and oxygen atoms in total. The number of halogens is 3. The van der Waals surface area contributed by atoms with E-state index in [2.05, 4.69) is 36.3 Å². The molecule has 3 heterocycles. The lowest BCUT2D eigenvalue weighted by atomic mass is 10.0. The molecule has 0 saturated carbocycles. The van der Waals surface area contributed by atoms with E-state index in [1.165, 1.54) is 13.4 Å². The first-order valence-electron chi connectivity index (χ1n) is 12.9. The number of amides is 3. The van der Waals surface area contributed by atoms with E-state index in [0.29, 0.717) is 30.8 Å². The van der Waals surface area contributed by atoms with E-state index >= 15 is 0 Å². The Hall–Kier alpha value is -4.80. The van der Waals surface area contributed by atoms with Crippen molar-refractivity contribution in [3.63, 3.8) is 0 Å². The van der Waals surface area contributed by atoms with Crippen LogP contribution in [0.4, 0.5) is 35.3 Å². The smallest absolute Gasteiger partial charge is 0.382 e. The van der Waals surface area contributed by atoms with Crippen LogP contribution in [0.15, 0.2) is 48.9 Å². The van der Waals surface area contributed by atoms with Crippen LogP contribution in [0.3, 0.4) is 0 Å². The summed E-state index contributed by atoms with van der Waals surface area (Å²) in [6, 6.07) is 7.56. The van der Waals surface area contributed by atoms with Gasteiger partial charge in [-0.25, -0.2) is 19.3 Å². The maximum Gasteiger partial charge on any atom is 0.416 e. The lowest BCUT2D eigenvalue weighted by Crippen LogP contribution is -2.34. The molecular formula is C27H30F3N9O4. The summed E-state index contributed by atoms with van der Waals surface area (Å²) < 4.78 is 50.9. The third-order valence-corrected chi connectivity index (χ3v) is 6.20. The summed E-state index contributed by atoms with van der Waals surface area (Å²) in [6.45, 7) is 1.45. The average Bonchev–Trinajstić information content (AvgIpc) is 3.27. The number of rotatable bonds is 12. The van der Waals surface area contributed by atoms with Gasteiger partial charge in [0.15, 0.2) is 5.82 Å². The summed E-state index contributed by atoms with van der Waals surface area (Å²) in [5, 5.41) is 15.3. The minimum atomic E-state index is -4.57. The van der Waals surface area contributed by atoms with E-state index in [1.54, 1.807) is 35.9 Å². The van der Waals surface area contributed by atoms with E-state index in [-0.39, 0.29) is 30.8 Å². The molecule has 0 atom stereocenters. The minimum absolute atomic E-state index is 0.0209. The molecule has 0 aliphatic rings. The predicted octanol–water partition coefficient (Wildman–Crippen LogP) is 3.03. The van der Waals surface area contributed by atoms with Crippen molar-refractivity contribution < 1.29 is 32.2 Å². The van der Waals surface area contributed by atoms with Crippen molar-refractivity contribution in [1.29, 1.82) is 0 Å². The number of pyridine rings is 1. The number of carbonyl (C=O) groups is 2. The molecule has 0 aliphatic carbocycles. The van der Waals surface area contributed by atoms with Crippen LogP contribution in [0.2, 0.25) is 0 Å². The lowest BCUT2D eigenvalue weighted by Gasteiger charge is -2.11. The number of hydrogen-bond donors (Lipinski definition) is 5. The topological polar surface area (TPSA) is 170 Å². The highest BCUT2D eigenvalue weighted by molar-refractivity contribution is 5.99. The highest BCUT2D eigenvalue weighted by Crippen LogP contribution is 2.36. The zero-order valence-electron chi connectivity index (χ0n) is 23.3. The third-order valence-electron chi connectivity index (χ3n) is 6.20. The number of hydrogen-bond acceptors (Lipinski definition) is 9. The van der Waals surface area contributed by atoms with Crippen molar-refractivity contribution in [3.05, 3.63) is 65.7 Å². The van der Waals surface area contributed by atoms with E-state index in [9.17, 15) is 22.8 Å². The molecule has 1 aromatic carbocycles. The van der Waals surface area contributed by atoms with Gasteiger partial charge in [-0.05, 0) is 29.8 Å². The Morgan fingerprint density at radius 2 is 1.79 bits per heavy atom. The Labute approximate surface area is 244 Å². The predicted molar refractivity (Wildman–Crippen MR) is 152 cm³/mol. The van der Waals surface area contributed by atoms with Gasteiger partial charge in [-0.1, -0.05) is 12.1 Å². The molecule has 4 aromatic rings. The van der Waals surface area contributed by atoms with E-state index in [4.69, 9.17) is 15.2 Å². The van der Waals surface area contributed by atoms with Gasteiger partial charge in [0, 0.05) is 56.9 Å². The number of benzene rings is 1. The second-order valence-corrected chi connectivity index (χ2v) is 9.18. The maximum atomic E-state index is 13.0. The molecule has 0 saturated heterocycles. The number of carbonyl (C=O) groups excluding carboxylic acids is 2. The fourth-order valence-corrected chi connectivity index (χ4v) is 4.37. The van der Waals surface area contributed by atoms with Gasteiger partial charge < -0.3 is 31.2 Å². The average molecular weight is 602 g/mol. The second-order valence-electron chi connectivity index (χ2n) is 9.18. The van der Waals surface area contributed by atoms with Crippen LogP contribution in [0.5, 0.6) is 0 Å². The van der Waals surface area contributed by atoms with Crippen molar-refractivity contribution in [2.45, 2.75) is 19.3 Å². The first-order valence-corrected chi connectivity index (χ1v) is 12.9. The van der Waals surface area contributed by atoms with Crippen LogP contribution in [0.25, 0.3) is 16.6 Å². The number of urea groups is 1. The van der Waals surface area contributed by atoms with Crippen LogP contribution in [-0.2, 0) is 33.6 Å². The number of methoxy groups -OCH3 is 2. The quantitative estimate of drug-likeness (QED) is 0.153. The Kier molecular flexibility index (Phi) is 10.1. The monoisotopic (exact) mass is 601 g/mol. The largest absolute Gasteiger partial charge is 0.416 e. The summed E-state index contributed by atoms with van der Waals surface area (Å²) in [5.41, 5.74) is 9.34. The number of aromatic nitrogens is 4. The molecule has 0 aliphatic heterocycles. The van der Waals surface area contributed by atoms with E-state index in [1.807, 2.05) is 0 Å². The SMILES string of the molecule is COCC(=O)NCCNCc1c(COC)c(-c2ccc(NC(=O)Nc3cc(C(F)(F)F)ccn3)cc2)c2c(N)ncnn12. The molecule has 228 valence electrons. The minimum Gasteiger partial charge on any atom is -0.382 e. The molecule has 0 radical (unpaired) electrons. The molecule has 0 unspecified atom stereocenters. The molecule has 3 aromatic heterocycles. The molecule has 0 spiro atoms. The number of nitrogens with two attached hydrogens (primary N) is 1. The first-order chi connectivity index (χ1) is 20.6. The van der Waals surface area contributed by atoms with Gasteiger partial charge in [-0.15, -0.1) is 0 Å². The van der Waals surface area contributed by atoms with Gasteiger partial charge in [-0.2, -0.15) is 18.3 Å². The molecule has 6 N–H and O–H groups in total. The zero-order valence-corrected chi connectivity index (χ0v) is 23.3. The Balaban J connectivity index is 1.53. The number of nitrogens with zero attached hydrogens (tertiary/aromatic N) is 4. The summed E-state index contributed by atoms with van der Waals surface area (Å²) in [4.78, 5) is 32.0. The highest BCUT2D eigenvalue weighted by Gasteiger charge is 2.31. The van der Waals surface area contributed by atoms with Gasteiger partial charge in [0.2, 0.25) is 5.91 Å². The van der Waals surface area contributed by atoms with Gasteiger partial charge in [0.05, 0.1) is 17.9 Å². The molecule has 16 heteroatoms. The molecule has 43 heavy (non-hydrogen) atoms. The van der Waals surface area contributed by atoms with Crippen LogP contribution in [-0.4, -0.2) is 65.4 Å². The van der Waals surface area contributed by atoms with Crippen LogP contribution in [0.1, 0.15) is 16.8 Å². The number of fused-ring (bicyclic) bond motifs is 1. The fraction of sp³-hybridized carbons (Fsp3) is 0.296. The Morgan fingerprint density at radius 3 is 2.49 bits per heavy atom. The number of alkyl halides is 3. The van der Waals surface area contributed by atoms with Crippen LogP contribution in [0, 0.1) is 0 Å². The van der Waals surface area contributed by atoms with Gasteiger partial charge >= 0.3 is 12.2 Å². The van der Waals surface area contributed by atoms with Crippen molar-refractivity contribution in [2.75, 3.05) is 50.3 Å². The summed E-state index contributed by atoms with van der Waals surface area (Å²) in [7, 11) is 3.01. The van der Waals surface area contributed by atoms with Gasteiger partial charge in [-0.3, -0.25) is 10.1 Å². The highest BCUT2D eigenvalue weighted by atomic mass is 19.4. The Morgan fingerprint density at radius 1 is 1.02 bits per heavy atom. The van der Waals surface area contributed by atoms with Crippen molar-refractivity contribution in [1.82, 2.24) is 30.2 Å². The second kappa shape index (κ2) is 13.9. The first kappa shape index (κ1) is 31.1. The molecule has 3 amide bonds. The zero-order chi connectivity index (χ0) is 31.0. The lowest BCUT2D eigenvalue weighted by molar-refractivity contribution is -0.137. The van der Waals surface area contributed by atoms with Crippen LogP contribution >= 0.6 is 0 Å². The maximum absolute atomic E-state index is 13.0. The summed E-state index contributed by atoms with van der Waals surface area (Å²) in [6.07, 6.45) is -2.25. The third kappa shape index (κ3) is 7.73. The van der Waals surface area contributed by atoms with Gasteiger partial charge in [0.25, 0.3) is 0 Å². The summed E-state index contributed by atoms with van der Waals surface area (Å²) in [5.74, 6) is -0.221. The van der Waals surface area contributed by atoms with Crippen molar-refractivity contribution >= 4 is 34.8 Å². The number of ether oxygens (including phenoxy) is 2. The normalized spacial score (nSPS) is 11.5. The number of anilines is 3. The molecule has 0 bridgehead atoms. The van der Waals surface area contributed by atoms with Crippen molar-refractivity contribution in [2.24, 2.45) is 0 Å². The fourth-order valence-electron chi connectivity index (χ4n) is 4.37. The standard InChI is InChI=1S/C27H30F3N9O4/c1-42-13-19-20(12-32-9-10-34-22(40)14-43-2)39-24(25(31)35-15-36-39)23(19)16-3-5-18(6-4-16)37-26(41)38-21-11-17(7-8-33-21)27(28,29)30/h3-8,11,15,32H,9-10,12-14H2,1-2H3,(H,34,40)(H2,31,35,36)(H2,33,37,38,41). The van der Waals surface area contributed by atoms with E-state index in [0.717, 1.165) is 40.7 Å². The van der Waals surface area contributed by atoms with Gasteiger partial charge in [0.1, 0.15) is 24.3 Å². The van der Waals surface area contributed by atoms with E-state index < -0.39 is 17.8 Å². The Bertz CT molecular complexity index is 1580. The van der Waals surface area contributed by atoms with Crippen LogP contribution < -0.4 is 27.0 Å². The number of nitrogen functional groups attached to an aromatic ring is 1. The molecule has 4 rings (SSSR count). The summed E-state index contributed by atoms with van der Waals surface area (Å²) >= 11 is 0. The number of nitrogens with one attached hydrogen (secondary N) is 4.